The fourth-order valence-corrected chi connectivity index (χ4v) is 2.83. The van der Waals surface area contributed by atoms with Crippen molar-refractivity contribution in [3.8, 4) is 5.75 Å². The van der Waals surface area contributed by atoms with Gasteiger partial charge in [-0.25, -0.2) is 0 Å². The third kappa shape index (κ3) is 3.30. The van der Waals surface area contributed by atoms with Crippen LogP contribution >= 0.6 is 23.2 Å². The van der Waals surface area contributed by atoms with E-state index in [0.717, 1.165) is 12.8 Å². The molecule has 1 aliphatic carbocycles. The van der Waals surface area contributed by atoms with Crippen LogP contribution in [0.25, 0.3) is 0 Å². The summed E-state index contributed by atoms with van der Waals surface area (Å²) in [6.07, 6.45) is 5.10. The Balaban J connectivity index is 2.02. The summed E-state index contributed by atoms with van der Waals surface area (Å²) in [5, 5.41) is 12.9. The summed E-state index contributed by atoms with van der Waals surface area (Å²) in [4.78, 5) is 11.8. The van der Waals surface area contributed by atoms with Crippen molar-refractivity contribution in [2.75, 3.05) is 5.32 Å². The Morgan fingerprint density at radius 3 is 2.67 bits per heavy atom. The van der Waals surface area contributed by atoms with Crippen molar-refractivity contribution in [1.82, 2.24) is 0 Å². The summed E-state index contributed by atoms with van der Waals surface area (Å²) in [6.45, 7) is 0. The van der Waals surface area contributed by atoms with E-state index in [2.05, 4.69) is 5.32 Å². The lowest BCUT2D eigenvalue weighted by Crippen LogP contribution is -2.15. The van der Waals surface area contributed by atoms with Gasteiger partial charge in [0.1, 0.15) is 0 Å². The molecule has 98 valence electrons. The molecule has 0 bridgehead atoms. The first-order valence-corrected chi connectivity index (χ1v) is 6.79. The van der Waals surface area contributed by atoms with E-state index < -0.39 is 0 Å². The monoisotopic (exact) mass is 287 g/mol. The number of carbonyl (C=O) groups excluding carboxylic acids is 1. The lowest BCUT2D eigenvalue weighted by molar-refractivity contribution is -0.117. The van der Waals surface area contributed by atoms with Crippen LogP contribution in [0.2, 0.25) is 10.0 Å². The number of aromatic hydroxyl groups is 1. The number of hydrogen-bond acceptors (Lipinski definition) is 2. The number of nitrogens with one attached hydrogen (secondary N) is 1. The van der Waals surface area contributed by atoms with Crippen LogP contribution in [-0.4, -0.2) is 11.0 Å². The van der Waals surface area contributed by atoms with Crippen molar-refractivity contribution >= 4 is 34.8 Å². The third-order valence-corrected chi connectivity index (χ3v) is 3.76. The smallest absolute Gasteiger partial charge is 0.224 e. The second-order valence-corrected chi connectivity index (χ2v) is 5.53. The zero-order valence-electron chi connectivity index (χ0n) is 9.88. The number of hydrogen-bond donors (Lipinski definition) is 2. The van der Waals surface area contributed by atoms with Gasteiger partial charge in [0.25, 0.3) is 0 Å². The fourth-order valence-electron chi connectivity index (χ4n) is 2.34. The number of benzene rings is 1. The summed E-state index contributed by atoms with van der Waals surface area (Å²) in [7, 11) is 0. The molecule has 0 radical (unpaired) electrons. The van der Waals surface area contributed by atoms with Crippen molar-refractivity contribution in [1.29, 1.82) is 0 Å². The maximum Gasteiger partial charge on any atom is 0.224 e. The first-order chi connectivity index (χ1) is 8.56. The summed E-state index contributed by atoms with van der Waals surface area (Å²) in [5.41, 5.74) is 0.274. The molecule has 0 aliphatic heterocycles. The molecule has 2 rings (SSSR count). The number of phenols is 1. The van der Waals surface area contributed by atoms with E-state index in [9.17, 15) is 9.90 Å². The van der Waals surface area contributed by atoms with E-state index in [1.807, 2.05) is 0 Å². The minimum absolute atomic E-state index is 0.101. The highest BCUT2D eigenvalue weighted by Gasteiger charge is 2.19. The van der Waals surface area contributed by atoms with Crippen molar-refractivity contribution in [2.45, 2.75) is 32.1 Å². The van der Waals surface area contributed by atoms with Gasteiger partial charge in [0, 0.05) is 11.4 Å². The van der Waals surface area contributed by atoms with Gasteiger partial charge in [0.05, 0.1) is 10.7 Å². The van der Waals surface area contributed by atoms with Crippen LogP contribution in [0.5, 0.6) is 5.75 Å². The molecule has 1 amide bonds. The summed E-state index contributed by atoms with van der Waals surface area (Å²) >= 11 is 11.6. The summed E-state index contributed by atoms with van der Waals surface area (Å²) < 4.78 is 0. The Morgan fingerprint density at radius 1 is 1.33 bits per heavy atom. The Hall–Kier alpha value is -0.930. The fraction of sp³-hybridized carbons (Fsp3) is 0.462. The van der Waals surface area contributed by atoms with Gasteiger partial charge in [0.2, 0.25) is 5.91 Å². The molecule has 5 heteroatoms. The van der Waals surface area contributed by atoms with Crippen molar-refractivity contribution in [2.24, 2.45) is 5.92 Å². The predicted octanol–water partition coefficient (Wildman–Crippen LogP) is 4.22. The van der Waals surface area contributed by atoms with Gasteiger partial charge in [-0.2, -0.15) is 0 Å². The van der Waals surface area contributed by atoms with Crippen LogP contribution in [0.3, 0.4) is 0 Å². The van der Waals surface area contributed by atoms with Gasteiger partial charge in [-0.1, -0.05) is 36.0 Å². The van der Waals surface area contributed by atoms with E-state index in [4.69, 9.17) is 23.2 Å². The predicted molar refractivity (Wildman–Crippen MR) is 73.3 cm³/mol. The molecule has 0 heterocycles. The Bertz CT molecular complexity index is 457. The highest BCUT2D eigenvalue weighted by Crippen LogP contribution is 2.35. The molecule has 18 heavy (non-hydrogen) atoms. The maximum absolute atomic E-state index is 11.8. The highest BCUT2D eigenvalue weighted by molar-refractivity contribution is 6.36. The first-order valence-electron chi connectivity index (χ1n) is 6.04. The van der Waals surface area contributed by atoms with Gasteiger partial charge < -0.3 is 10.4 Å². The van der Waals surface area contributed by atoms with Crippen molar-refractivity contribution in [3.05, 3.63) is 22.2 Å². The van der Waals surface area contributed by atoms with Gasteiger partial charge in [-0.3, -0.25) is 4.79 Å². The molecule has 0 atom stereocenters. The van der Waals surface area contributed by atoms with E-state index in [1.165, 1.54) is 25.0 Å². The molecule has 1 fully saturated rings. The molecule has 0 unspecified atom stereocenters. The molecule has 2 N–H and O–H groups in total. The first kappa shape index (κ1) is 13.5. The molecule has 1 aromatic rings. The van der Waals surface area contributed by atoms with E-state index in [0.29, 0.717) is 17.4 Å². The van der Waals surface area contributed by atoms with Crippen LogP contribution in [0, 0.1) is 5.92 Å². The molecule has 1 aliphatic rings. The number of rotatable bonds is 3. The Morgan fingerprint density at radius 2 is 2.00 bits per heavy atom. The zero-order valence-corrected chi connectivity index (χ0v) is 11.4. The molecular formula is C13H15Cl2NO2. The second kappa shape index (κ2) is 5.81. The molecule has 0 aromatic heterocycles. The number of phenolic OH excluding ortho intramolecular Hbond substituents is 1. The summed E-state index contributed by atoms with van der Waals surface area (Å²) in [5.74, 6) is 0.221. The molecule has 0 spiro atoms. The number of carbonyl (C=O) groups is 1. The van der Waals surface area contributed by atoms with Crippen LogP contribution in [0.1, 0.15) is 32.1 Å². The van der Waals surface area contributed by atoms with Crippen LogP contribution in [0.15, 0.2) is 12.1 Å². The number of amides is 1. The average Bonchev–Trinajstić information content (AvgIpc) is 2.77. The lowest BCUT2D eigenvalue weighted by atomic mass is 10.0. The Labute approximate surface area is 116 Å². The van der Waals surface area contributed by atoms with Crippen LogP contribution in [0.4, 0.5) is 5.69 Å². The minimum Gasteiger partial charge on any atom is -0.504 e. The van der Waals surface area contributed by atoms with Crippen molar-refractivity contribution < 1.29 is 9.90 Å². The largest absolute Gasteiger partial charge is 0.504 e. The minimum atomic E-state index is -0.138. The lowest BCUT2D eigenvalue weighted by Gasteiger charge is -2.11. The van der Waals surface area contributed by atoms with Crippen molar-refractivity contribution in [3.63, 3.8) is 0 Å². The van der Waals surface area contributed by atoms with E-state index >= 15 is 0 Å². The number of anilines is 1. The second-order valence-electron chi connectivity index (χ2n) is 4.69. The third-order valence-electron chi connectivity index (χ3n) is 3.25. The molecule has 0 saturated heterocycles. The van der Waals surface area contributed by atoms with Gasteiger partial charge in [-0.05, 0) is 30.9 Å². The summed E-state index contributed by atoms with van der Waals surface area (Å²) in [6, 6.07) is 2.93. The van der Waals surface area contributed by atoms with Crippen LogP contribution in [-0.2, 0) is 4.79 Å². The molecule has 1 aromatic carbocycles. The zero-order chi connectivity index (χ0) is 13.1. The van der Waals surface area contributed by atoms with Gasteiger partial charge >= 0.3 is 0 Å². The normalized spacial score (nSPS) is 15.9. The highest BCUT2D eigenvalue weighted by atomic mass is 35.5. The van der Waals surface area contributed by atoms with E-state index in [1.54, 1.807) is 0 Å². The van der Waals surface area contributed by atoms with Gasteiger partial charge in [-0.15, -0.1) is 0 Å². The number of halogens is 2. The Kier molecular flexibility index (Phi) is 4.36. The maximum atomic E-state index is 11.8. The average molecular weight is 288 g/mol. The van der Waals surface area contributed by atoms with Crippen LogP contribution < -0.4 is 5.32 Å². The molecule has 3 nitrogen and oxygen atoms in total. The van der Waals surface area contributed by atoms with E-state index in [-0.39, 0.29) is 22.4 Å². The van der Waals surface area contributed by atoms with Gasteiger partial charge in [0.15, 0.2) is 5.75 Å². The topological polar surface area (TPSA) is 49.3 Å². The molecule has 1 saturated carbocycles. The quantitative estimate of drug-likeness (QED) is 0.818. The SMILES string of the molecule is O=C(CC1CCCC1)Nc1cc(Cl)cc(Cl)c1O. The molecular weight excluding hydrogens is 273 g/mol. The standard InChI is InChI=1S/C13H15Cl2NO2/c14-9-6-10(15)13(18)11(7-9)16-12(17)5-8-3-1-2-4-8/h6-8,18H,1-5H2,(H,16,17).